The number of aryl methyl sites for hydroxylation is 1. The Morgan fingerprint density at radius 2 is 1.93 bits per heavy atom. The molecule has 1 atom stereocenters. The Labute approximate surface area is 170 Å². The maximum absolute atomic E-state index is 12.0. The Balaban J connectivity index is 1.60. The summed E-state index contributed by atoms with van der Waals surface area (Å²) in [7, 11) is 0. The molecule has 2 N–H and O–H groups in total. The van der Waals surface area contributed by atoms with Crippen molar-refractivity contribution in [3.63, 3.8) is 0 Å². The van der Waals surface area contributed by atoms with E-state index in [0.29, 0.717) is 30.2 Å². The molecule has 6 nitrogen and oxygen atoms in total. The molecule has 0 aliphatic rings. The number of aromatic nitrogens is 1. The van der Waals surface area contributed by atoms with E-state index in [9.17, 15) is 4.79 Å². The minimum atomic E-state index is -0.896. The fourth-order valence-electron chi connectivity index (χ4n) is 2.78. The monoisotopic (exact) mass is 393 g/mol. The van der Waals surface area contributed by atoms with Gasteiger partial charge < -0.3 is 19.6 Å². The van der Waals surface area contributed by atoms with Crippen LogP contribution in [0.4, 0.5) is 0 Å². The lowest BCUT2D eigenvalue weighted by atomic mass is 10.1. The maximum atomic E-state index is 12.0. The van der Waals surface area contributed by atoms with Crippen LogP contribution in [0.25, 0.3) is 11.5 Å². The second kappa shape index (κ2) is 9.39. The highest BCUT2D eigenvalue weighted by Gasteiger charge is 2.19. The Bertz CT molecular complexity index is 951. The van der Waals surface area contributed by atoms with E-state index in [-0.39, 0.29) is 6.10 Å². The van der Waals surface area contributed by atoms with Gasteiger partial charge in [0.05, 0.1) is 18.4 Å². The van der Waals surface area contributed by atoms with Crippen LogP contribution in [0.15, 0.2) is 52.9 Å². The zero-order valence-electron chi connectivity index (χ0n) is 16.8. The first-order valence-corrected chi connectivity index (χ1v) is 9.57. The molecule has 0 aliphatic heterocycles. The molecular weight excluding hydrogens is 368 g/mol. The normalized spacial score (nSPS) is 12.0. The van der Waals surface area contributed by atoms with E-state index in [1.54, 1.807) is 32.0 Å². The quantitative estimate of drug-likeness (QED) is 0.582. The van der Waals surface area contributed by atoms with E-state index in [0.717, 1.165) is 17.0 Å². The van der Waals surface area contributed by atoms with E-state index in [1.807, 2.05) is 37.3 Å². The average molecular weight is 393 g/mol. The highest BCUT2D eigenvalue weighted by atomic mass is 16.5. The van der Waals surface area contributed by atoms with Gasteiger partial charge in [0.25, 0.3) is 0 Å². The molecule has 0 saturated heterocycles. The summed E-state index contributed by atoms with van der Waals surface area (Å²) in [6, 6.07) is 17.2. The van der Waals surface area contributed by atoms with Gasteiger partial charge in [-0.25, -0.2) is 9.78 Å². The third-order valence-electron chi connectivity index (χ3n) is 4.24. The maximum Gasteiger partial charge on any atom is 0.327 e. The van der Waals surface area contributed by atoms with Gasteiger partial charge in [-0.1, -0.05) is 30.3 Å². The molecule has 6 heteroatoms. The molecule has 151 valence electrons. The molecule has 0 bridgehead atoms. The van der Waals surface area contributed by atoms with Crippen molar-refractivity contribution in [2.75, 3.05) is 6.61 Å². The van der Waals surface area contributed by atoms with Gasteiger partial charge in [-0.2, -0.15) is 0 Å². The van der Waals surface area contributed by atoms with E-state index in [1.165, 1.54) is 0 Å². The van der Waals surface area contributed by atoms with Crippen molar-refractivity contribution < 1.29 is 18.7 Å². The van der Waals surface area contributed by atoms with Crippen molar-refractivity contribution in [1.29, 1.82) is 0 Å². The Kier molecular flexibility index (Phi) is 6.67. The third-order valence-corrected chi connectivity index (χ3v) is 4.24. The summed E-state index contributed by atoms with van der Waals surface area (Å²) in [5, 5.41) is 0. The van der Waals surface area contributed by atoms with Crippen molar-refractivity contribution in [3.05, 3.63) is 71.6 Å². The molecule has 0 amide bonds. The molecule has 29 heavy (non-hydrogen) atoms. The molecule has 1 radical (unpaired) electrons. The van der Waals surface area contributed by atoms with Crippen LogP contribution in [-0.2, 0) is 16.0 Å². The molecule has 3 aromatic rings. The Hall–Kier alpha value is -3.12. The number of ether oxygens (including phenoxy) is 2. The van der Waals surface area contributed by atoms with Gasteiger partial charge in [-0.05, 0) is 44.5 Å². The van der Waals surface area contributed by atoms with Crippen LogP contribution in [0.1, 0.15) is 36.9 Å². The topological polar surface area (TPSA) is 87.6 Å². The Morgan fingerprint density at radius 3 is 2.66 bits per heavy atom. The highest BCUT2D eigenvalue weighted by Crippen LogP contribution is 2.22. The van der Waals surface area contributed by atoms with E-state index >= 15 is 0 Å². The van der Waals surface area contributed by atoms with Crippen LogP contribution in [-0.4, -0.2) is 23.7 Å². The summed E-state index contributed by atoms with van der Waals surface area (Å²) < 4.78 is 16.7. The van der Waals surface area contributed by atoms with Crippen molar-refractivity contribution in [2.24, 2.45) is 5.73 Å². The number of rotatable bonds is 8. The lowest BCUT2D eigenvalue weighted by Gasteiger charge is -2.14. The van der Waals surface area contributed by atoms with Crippen LogP contribution in [0.5, 0.6) is 5.75 Å². The van der Waals surface area contributed by atoms with Gasteiger partial charge in [-0.15, -0.1) is 0 Å². The predicted molar refractivity (Wildman–Crippen MR) is 109 cm³/mol. The molecule has 0 aliphatic carbocycles. The zero-order chi connectivity index (χ0) is 20.8. The van der Waals surface area contributed by atoms with E-state index in [4.69, 9.17) is 19.6 Å². The van der Waals surface area contributed by atoms with Crippen LogP contribution in [0, 0.1) is 13.0 Å². The Morgan fingerprint density at radius 1 is 1.17 bits per heavy atom. The summed E-state index contributed by atoms with van der Waals surface area (Å²) in [5.74, 6) is 1.39. The minimum Gasteiger partial charge on any atom is -0.493 e. The molecule has 0 fully saturated rings. The molecule has 0 saturated carbocycles. The number of hydrogen-bond acceptors (Lipinski definition) is 6. The van der Waals surface area contributed by atoms with E-state index in [2.05, 4.69) is 11.1 Å². The molecule has 1 aromatic heterocycles. The number of esters is 1. The molecule has 0 spiro atoms. The smallest absolute Gasteiger partial charge is 0.327 e. The zero-order valence-corrected chi connectivity index (χ0v) is 16.8. The van der Waals surface area contributed by atoms with Crippen LogP contribution in [0.2, 0.25) is 0 Å². The summed E-state index contributed by atoms with van der Waals surface area (Å²) in [5.41, 5.74) is 8.28. The highest BCUT2D eigenvalue weighted by molar-refractivity contribution is 5.77. The van der Waals surface area contributed by atoms with Crippen LogP contribution >= 0.6 is 0 Å². The first kappa shape index (κ1) is 20.6. The number of hydrogen-bond donors (Lipinski definition) is 1. The number of benzene rings is 2. The molecule has 1 unspecified atom stereocenters. The number of nitrogens with zero attached hydrogens (tertiary/aromatic N) is 1. The number of carbonyl (C=O) groups excluding carboxylic acids is 1. The number of nitrogens with two attached hydrogens (primary N) is 1. The molecule has 2 aromatic carbocycles. The summed E-state index contributed by atoms with van der Waals surface area (Å²) in [6.45, 7) is 5.85. The van der Waals surface area contributed by atoms with Crippen molar-refractivity contribution in [2.45, 2.75) is 39.3 Å². The lowest BCUT2D eigenvalue weighted by Crippen LogP contribution is -2.26. The second-order valence-electron chi connectivity index (χ2n) is 6.92. The molecule has 1 heterocycles. The predicted octanol–water partition coefficient (Wildman–Crippen LogP) is 4.02. The minimum absolute atomic E-state index is 0.223. The van der Waals surface area contributed by atoms with Crippen molar-refractivity contribution >= 4 is 5.97 Å². The van der Waals surface area contributed by atoms with Gasteiger partial charge in [0, 0.05) is 18.1 Å². The number of carbonyl (C=O) groups is 1. The fourth-order valence-corrected chi connectivity index (χ4v) is 2.78. The largest absolute Gasteiger partial charge is 0.493 e. The standard InChI is InChI=1S/C23H25N2O4/c1-15(2)28-23(26)21(24)18-10-7-11-19(14-18)27-13-12-20-16(3)29-22(25-20)17-8-5-4-6-9-17/h4-11,15,21H,12-13,24H2,1-3H3. The number of oxazole rings is 1. The van der Waals surface area contributed by atoms with Gasteiger partial charge in [0.1, 0.15) is 17.6 Å². The van der Waals surface area contributed by atoms with Gasteiger partial charge in [0.15, 0.2) is 0 Å². The first-order valence-electron chi connectivity index (χ1n) is 9.57. The van der Waals surface area contributed by atoms with Crippen molar-refractivity contribution in [3.8, 4) is 17.2 Å². The van der Waals surface area contributed by atoms with Crippen LogP contribution < -0.4 is 10.5 Å². The van der Waals surface area contributed by atoms with Gasteiger partial charge in [-0.3, -0.25) is 0 Å². The molecule has 3 rings (SSSR count). The van der Waals surface area contributed by atoms with E-state index < -0.39 is 12.0 Å². The SMILES string of the molecule is Cc1oc(-c2ccccc2)nc1CCOc1[c]c(C(N)C(=O)OC(C)C)ccc1. The summed E-state index contributed by atoms with van der Waals surface area (Å²) in [6.07, 6.45) is 0.362. The summed E-state index contributed by atoms with van der Waals surface area (Å²) >= 11 is 0. The first-order chi connectivity index (χ1) is 13.9. The van der Waals surface area contributed by atoms with Crippen molar-refractivity contribution in [1.82, 2.24) is 4.98 Å². The van der Waals surface area contributed by atoms with Crippen LogP contribution in [0.3, 0.4) is 0 Å². The van der Waals surface area contributed by atoms with Gasteiger partial charge in [0.2, 0.25) is 5.89 Å². The molecular formula is C23H25N2O4. The second-order valence-corrected chi connectivity index (χ2v) is 6.92. The lowest BCUT2D eigenvalue weighted by molar-refractivity contribution is -0.149. The third kappa shape index (κ3) is 5.45. The summed E-state index contributed by atoms with van der Waals surface area (Å²) in [4.78, 5) is 16.6. The average Bonchev–Trinajstić information content (AvgIpc) is 3.08. The fraction of sp³-hybridized carbons (Fsp3) is 0.304. The van der Waals surface area contributed by atoms with Gasteiger partial charge >= 0.3 is 5.97 Å².